The number of ether oxygens (including phenoxy) is 11. The third kappa shape index (κ3) is 6.50. The number of hydrogen-bond donors (Lipinski definition) is 0. The highest BCUT2D eigenvalue weighted by molar-refractivity contribution is 5.80. The van der Waals surface area contributed by atoms with Crippen molar-refractivity contribution in [1.29, 1.82) is 0 Å². The molecule has 278 valence electrons. The van der Waals surface area contributed by atoms with E-state index in [1.165, 1.54) is 7.11 Å². The summed E-state index contributed by atoms with van der Waals surface area (Å²) in [5.74, 6) is -0.706. The van der Waals surface area contributed by atoms with Gasteiger partial charge in [-0.05, 0) is 81.1 Å². The van der Waals surface area contributed by atoms with Crippen LogP contribution in [0.25, 0.3) is 0 Å². The van der Waals surface area contributed by atoms with Crippen molar-refractivity contribution in [2.75, 3.05) is 33.9 Å². The summed E-state index contributed by atoms with van der Waals surface area (Å²) >= 11 is 0. The summed E-state index contributed by atoms with van der Waals surface area (Å²) in [6.07, 6.45) is -1.64. The lowest BCUT2D eigenvalue weighted by atomic mass is 9.79. The van der Waals surface area contributed by atoms with Crippen molar-refractivity contribution in [1.82, 2.24) is 0 Å². The number of carbonyl (C=O) groups is 1. The van der Waals surface area contributed by atoms with Crippen molar-refractivity contribution >= 4 is 5.97 Å². The minimum Gasteiger partial charge on any atom is -0.494 e. The minimum absolute atomic E-state index is 0.150. The molecule has 8 atom stereocenters. The molecule has 12 heteroatoms. The van der Waals surface area contributed by atoms with Gasteiger partial charge in [0.2, 0.25) is 6.79 Å². The normalized spacial score (nSPS) is 30.6. The fourth-order valence-electron chi connectivity index (χ4n) is 8.19. The summed E-state index contributed by atoms with van der Waals surface area (Å²) < 4.78 is 66.4. The Morgan fingerprint density at radius 1 is 0.808 bits per heavy atom. The Balaban J connectivity index is 1.09. The molecule has 3 saturated heterocycles. The Hall–Kier alpha value is -3.91. The Labute approximate surface area is 303 Å². The van der Waals surface area contributed by atoms with Crippen LogP contribution in [-0.2, 0) is 38.0 Å². The maximum Gasteiger partial charge on any atom is 0.310 e. The van der Waals surface area contributed by atoms with Gasteiger partial charge in [0.05, 0.1) is 26.2 Å². The van der Waals surface area contributed by atoms with E-state index in [1.807, 2.05) is 88.4 Å². The van der Waals surface area contributed by atoms with Gasteiger partial charge in [0.1, 0.15) is 35.9 Å². The Morgan fingerprint density at radius 2 is 1.62 bits per heavy atom. The van der Waals surface area contributed by atoms with Crippen LogP contribution in [-0.4, -0.2) is 82.2 Å². The number of methoxy groups -OCH3 is 1. The Kier molecular flexibility index (Phi) is 9.34. The number of para-hydroxylation sites is 1. The van der Waals surface area contributed by atoms with Crippen molar-refractivity contribution in [3.63, 3.8) is 0 Å². The first-order chi connectivity index (χ1) is 25.1. The molecule has 52 heavy (non-hydrogen) atoms. The lowest BCUT2D eigenvalue weighted by Gasteiger charge is -2.27. The third-order valence-electron chi connectivity index (χ3n) is 10.3. The number of rotatable bonds is 11. The lowest BCUT2D eigenvalue weighted by Crippen LogP contribution is -2.40. The largest absolute Gasteiger partial charge is 0.494 e. The average molecular weight is 719 g/mol. The van der Waals surface area contributed by atoms with Gasteiger partial charge >= 0.3 is 5.97 Å². The molecule has 0 aromatic heterocycles. The smallest absolute Gasteiger partial charge is 0.310 e. The zero-order chi connectivity index (χ0) is 36.2. The number of carbonyl (C=O) groups excluding carboxylic acids is 1. The van der Waals surface area contributed by atoms with Crippen LogP contribution < -0.4 is 18.9 Å². The van der Waals surface area contributed by atoms with Crippen molar-refractivity contribution in [3.05, 3.63) is 82.9 Å². The van der Waals surface area contributed by atoms with E-state index in [9.17, 15) is 4.79 Å². The van der Waals surface area contributed by atoms with E-state index in [0.29, 0.717) is 30.5 Å². The van der Waals surface area contributed by atoms with Crippen LogP contribution in [0.2, 0.25) is 0 Å². The van der Waals surface area contributed by atoms with Crippen molar-refractivity contribution < 1.29 is 56.9 Å². The van der Waals surface area contributed by atoms with E-state index in [1.54, 1.807) is 0 Å². The van der Waals surface area contributed by atoms with E-state index < -0.39 is 48.0 Å². The third-order valence-corrected chi connectivity index (χ3v) is 10.3. The molecule has 0 spiro atoms. The van der Waals surface area contributed by atoms with Crippen LogP contribution in [0, 0.1) is 5.92 Å². The summed E-state index contributed by atoms with van der Waals surface area (Å²) in [7, 11) is 1.42. The van der Waals surface area contributed by atoms with Gasteiger partial charge in [-0.3, -0.25) is 4.79 Å². The maximum absolute atomic E-state index is 13.9. The highest BCUT2D eigenvalue weighted by Gasteiger charge is 2.59. The SMILES string of the molecule is CCCOc1ccc2c(c1)[C@H](c1ccccc1OCO[C@H]1O[C@H]([C@H]3COC(C)(C)O3)[C@@H]3OC(C)(C)O[C@H]13)[C@H](C(=O)OC)[C@@H]2c1ccc2c(c1)OCO2. The van der Waals surface area contributed by atoms with Crippen molar-refractivity contribution in [3.8, 4) is 23.0 Å². The molecular formula is C40H46O12. The number of fused-ring (bicyclic) bond motifs is 3. The zero-order valence-corrected chi connectivity index (χ0v) is 30.3. The van der Waals surface area contributed by atoms with Gasteiger partial charge in [0, 0.05) is 17.4 Å². The van der Waals surface area contributed by atoms with Gasteiger partial charge in [-0.2, -0.15) is 0 Å². The molecule has 4 heterocycles. The molecule has 1 aliphatic carbocycles. The summed E-state index contributed by atoms with van der Waals surface area (Å²) in [6, 6.07) is 19.6. The topological polar surface area (TPSA) is 119 Å². The van der Waals surface area contributed by atoms with Crippen LogP contribution in [0.4, 0.5) is 0 Å². The van der Waals surface area contributed by atoms with Crippen LogP contribution in [0.15, 0.2) is 60.7 Å². The first kappa shape index (κ1) is 35.1. The van der Waals surface area contributed by atoms with Gasteiger partial charge in [-0.25, -0.2) is 0 Å². The van der Waals surface area contributed by atoms with Gasteiger partial charge < -0.3 is 52.1 Å². The fourth-order valence-corrected chi connectivity index (χ4v) is 8.19. The van der Waals surface area contributed by atoms with Crippen LogP contribution in [0.1, 0.15) is 75.1 Å². The predicted octanol–water partition coefficient (Wildman–Crippen LogP) is 6.02. The Bertz CT molecular complexity index is 1790. The quantitative estimate of drug-likeness (QED) is 0.170. The molecule has 5 aliphatic rings. The lowest BCUT2D eigenvalue weighted by molar-refractivity contribution is -0.257. The second kappa shape index (κ2) is 13.8. The van der Waals surface area contributed by atoms with Crippen LogP contribution in [0.5, 0.6) is 23.0 Å². The minimum atomic E-state index is -0.825. The summed E-state index contributed by atoms with van der Waals surface area (Å²) in [6.45, 7) is 10.5. The monoisotopic (exact) mass is 718 g/mol. The molecular weight excluding hydrogens is 672 g/mol. The molecule has 0 bridgehead atoms. The second-order valence-corrected chi connectivity index (χ2v) is 14.6. The molecule has 8 rings (SSSR count). The van der Waals surface area contributed by atoms with E-state index >= 15 is 0 Å². The molecule has 3 aromatic carbocycles. The molecule has 4 aliphatic heterocycles. The highest BCUT2D eigenvalue weighted by atomic mass is 16.8. The van der Waals surface area contributed by atoms with Crippen LogP contribution >= 0.6 is 0 Å². The van der Waals surface area contributed by atoms with Gasteiger partial charge in [-0.1, -0.05) is 37.3 Å². The van der Waals surface area contributed by atoms with Gasteiger partial charge in [-0.15, -0.1) is 0 Å². The molecule has 12 nitrogen and oxygen atoms in total. The molecule has 0 amide bonds. The molecule has 0 unspecified atom stereocenters. The van der Waals surface area contributed by atoms with Gasteiger partial charge in [0.15, 0.2) is 36.2 Å². The molecule has 3 fully saturated rings. The number of benzene rings is 3. The molecule has 3 aromatic rings. The van der Waals surface area contributed by atoms with Gasteiger partial charge in [0.25, 0.3) is 0 Å². The summed E-state index contributed by atoms with van der Waals surface area (Å²) in [4.78, 5) is 13.9. The first-order valence-corrected chi connectivity index (χ1v) is 18.0. The van der Waals surface area contributed by atoms with E-state index in [0.717, 1.165) is 34.4 Å². The van der Waals surface area contributed by atoms with E-state index in [2.05, 4.69) is 6.92 Å². The second-order valence-electron chi connectivity index (χ2n) is 14.6. The molecule has 0 radical (unpaired) electrons. The Morgan fingerprint density at radius 3 is 2.40 bits per heavy atom. The maximum atomic E-state index is 13.9. The predicted molar refractivity (Wildman–Crippen MR) is 184 cm³/mol. The first-order valence-electron chi connectivity index (χ1n) is 18.0. The fraction of sp³-hybridized carbons (Fsp3) is 0.525. The van der Waals surface area contributed by atoms with Crippen molar-refractivity contribution in [2.24, 2.45) is 5.92 Å². The molecule has 0 saturated carbocycles. The summed E-state index contributed by atoms with van der Waals surface area (Å²) in [5.41, 5.74) is 3.67. The number of hydrogen-bond acceptors (Lipinski definition) is 12. The van der Waals surface area contributed by atoms with Crippen LogP contribution in [0.3, 0.4) is 0 Å². The zero-order valence-electron chi connectivity index (χ0n) is 30.3. The summed E-state index contributed by atoms with van der Waals surface area (Å²) in [5, 5.41) is 0. The van der Waals surface area contributed by atoms with E-state index in [-0.39, 0.29) is 31.6 Å². The standard InChI is InChI=1S/C40H46O12/c1-7-16-43-23-13-14-24-26(18-23)32(33(37(41)42-6)31(24)22-12-15-28-29(17-22)46-20-45-28)25-10-8-9-11-27(25)44-21-47-38-36-35(51-40(4,5)52-36)34(49-38)30-19-48-39(2,3)50-30/h8-15,17-18,30-36,38H,7,16,19-21H2,1-6H3/t30-,31-,32+,33-,34-,35+,36+,38+/m1/s1. The average Bonchev–Trinajstić information content (AvgIpc) is 3.94. The number of esters is 1. The van der Waals surface area contributed by atoms with E-state index in [4.69, 9.17) is 52.1 Å². The van der Waals surface area contributed by atoms with Crippen molar-refractivity contribution in [2.45, 2.75) is 95.2 Å². The molecule has 0 N–H and O–H groups in total. The highest BCUT2D eigenvalue weighted by Crippen LogP contribution is 2.56.